The number of aryl methyl sites for hydroxylation is 1. The Morgan fingerprint density at radius 1 is 1.12 bits per heavy atom. The van der Waals surface area contributed by atoms with E-state index in [1.165, 1.54) is 12.1 Å². The van der Waals surface area contributed by atoms with Crippen LogP contribution in [0.1, 0.15) is 51.0 Å². The maximum Gasteiger partial charge on any atom is 0.319 e. The summed E-state index contributed by atoms with van der Waals surface area (Å²) >= 11 is 0. The molecule has 2 aromatic heterocycles. The smallest absolute Gasteiger partial charge is 0.319 e. The minimum Gasteiger partial charge on any atom is -0.508 e. The molecule has 1 spiro atoms. The van der Waals surface area contributed by atoms with Crippen LogP contribution in [-0.2, 0) is 15.9 Å². The van der Waals surface area contributed by atoms with Crippen molar-refractivity contribution in [1.82, 2.24) is 19.9 Å². The maximum atomic E-state index is 16.9. The Balaban J connectivity index is 1.18. The number of nitrogens with zero attached hydrogens (tertiary/aromatic N) is 5. The summed E-state index contributed by atoms with van der Waals surface area (Å²) in [5, 5.41) is 12.2. The van der Waals surface area contributed by atoms with Gasteiger partial charge in [0.2, 0.25) is 0 Å². The van der Waals surface area contributed by atoms with Gasteiger partial charge in [-0.05, 0) is 86.0 Å². The second kappa shape index (κ2) is 12.3. The van der Waals surface area contributed by atoms with Crippen molar-refractivity contribution in [2.24, 2.45) is 11.3 Å². The molecule has 1 saturated carbocycles. The molecule has 0 bridgehead atoms. The molecule has 5 heterocycles. The summed E-state index contributed by atoms with van der Waals surface area (Å²) in [6.45, 7) is 7.98. The zero-order valence-corrected chi connectivity index (χ0v) is 27.7. The predicted octanol–water partition coefficient (Wildman–Crippen LogP) is 6.28. The molecule has 1 N–H and O–H groups in total. The SMILES string of the molecule is CCc1c(F)ccc2cc(O)cc(-c3ncc4c(N5CCC[C@]6(CCO6)C5)nc(OCC5(CN(C)CC6CCOC6)CC5)nc4c3F)c12. The van der Waals surface area contributed by atoms with Gasteiger partial charge in [0, 0.05) is 56.4 Å². The summed E-state index contributed by atoms with van der Waals surface area (Å²) in [5.41, 5.74) is 0.629. The van der Waals surface area contributed by atoms with Crippen LogP contribution >= 0.6 is 0 Å². The molecule has 2 aromatic carbocycles. The lowest BCUT2D eigenvalue weighted by molar-refractivity contribution is -0.151. The molecular formula is C37H43F2N5O4. The number of piperidine rings is 1. The van der Waals surface area contributed by atoms with Crippen molar-refractivity contribution in [2.75, 3.05) is 64.6 Å². The number of aromatic hydroxyl groups is 1. The number of phenols is 1. The van der Waals surface area contributed by atoms with Crippen LogP contribution in [0.2, 0.25) is 0 Å². The average molecular weight is 660 g/mol. The predicted molar refractivity (Wildman–Crippen MR) is 180 cm³/mol. The van der Waals surface area contributed by atoms with Gasteiger partial charge in [-0.15, -0.1) is 0 Å². The second-order valence-corrected chi connectivity index (χ2v) is 14.5. The Kier molecular flexibility index (Phi) is 8.12. The van der Waals surface area contributed by atoms with E-state index < -0.39 is 5.82 Å². The van der Waals surface area contributed by atoms with Crippen molar-refractivity contribution >= 4 is 27.5 Å². The van der Waals surface area contributed by atoms with Gasteiger partial charge in [-0.3, -0.25) is 4.98 Å². The van der Waals surface area contributed by atoms with Gasteiger partial charge in [0.1, 0.15) is 28.6 Å². The van der Waals surface area contributed by atoms with Gasteiger partial charge in [0.15, 0.2) is 5.82 Å². The van der Waals surface area contributed by atoms with Crippen LogP contribution in [0.4, 0.5) is 14.6 Å². The first kappa shape index (κ1) is 31.6. The minimum atomic E-state index is -0.662. The number of benzene rings is 2. The Labute approximate surface area is 279 Å². The molecule has 0 radical (unpaired) electrons. The molecule has 0 amide bonds. The molecule has 4 aromatic rings. The fourth-order valence-corrected chi connectivity index (χ4v) is 8.09. The van der Waals surface area contributed by atoms with E-state index in [1.807, 2.05) is 6.92 Å². The molecule has 1 aliphatic carbocycles. The zero-order valence-electron chi connectivity index (χ0n) is 27.7. The Morgan fingerprint density at radius 2 is 1.98 bits per heavy atom. The third kappa shape index (κ3) is 5.83. The molecule has 3 saturated heterocycles. The van der Waals surface area contributed by atoms with Crippen molar-refractivity contribution in [3.8, 4) is 23.0 Å². The first-order valence-electron chi connectivity index (χ1n) is 17.3. The monoisotopic (exact) mass is 659 g/mol. The molecule has 1 unspecified atom stereocenters. The van der Waals surface area contributed by atoms with Crippen LogP contribution in [0.15, 0.2) is 30.5 Å². The standard InChI is InChI=1S/C37H43F2N5O4/c1-3-26-29(38)6-5-24-15-25(45)16-27(30(24)26)32-31(39)33-28(17-40-32)34(44-12-4-8-37(21-44)11-14-48-37)42-35(41-33)47-22-36(9-10-36)20-43(2)18-23-7-13-46-19-23/h5-6,15-17,23,45H,3-4,7-14,18-22H2,1-2H3/t23?,37-/m0/s1. The number of ether oxygens (including phenoxy) is 3. The largest absolute Gasteiger partial charge is 0.508 e. The number of phenolic OH excluding ortho intramolecular Hbond substituents is 1. The van der Waals surface area contributed by atoms with Crippen molar-refractivity contribution in [1.29, 1.82) is 0 Å². The van der Waals surface area contributed by atoms with Crippen LogP contribution in [0.5, 0.6) is 11.8 Å². The number of pyridine rings is 1. The van der Waals surface area contributed by atoms with E-state index in [0.717, 1.165) is 78.0 Å². The van der Waals surface area contributed by atoms with Gasteiger partial charge in [-0.1, -0.05) is 13.0 Å². The van der Waals surface area contributed by atoms with E-state index in [-0.39, 0.29) is 39.8 Å². The lowest BCUT2D eigenvalue weighted by Gasteiger charge is -2.48. The highest BCUT2D eigenvalue weighted by molar-refractivity contribution is 6.01. The number of hydrogen-bond acceptors (Lipinski definition) is 9. The molecular weight excluding hydrogens is 616 g/mol. The van der Waals surface area contributed by atoms with E-state index >= 15 is 8.78 Å². The average Bonchev–Trinajstić information content (AvgIpc) is 3.63. The highest BCUT2D eigenvalue weighted by Crippen LogP contribution is 2.47. The highest BCUT2D eigenvalue weighted by Gasteiger charge is 2.45. The number of fused-ring (bicyclic) bond motifs is 2. The molecule has 9 nitrogen and oxygen atoms in total. The molecule has 4 aliphatic rings. The number of rotatable bonds is 10. The molecule has 11 heteroatoms. The van der Waals surface area contributed by atoms with E-state index in [0.29, 0.717) is 58.6 Å². The highest BCUT2D eigenvalue weighted by atomic mass is 19.1. The van der Waals surface area contributed by atoms with Crippen LogP contribution in [0.3, 0.4) is 0 Å². The van der Waals surface area contributed by atoms with Crippen LogP contribution in [0, 0.1) is 23.0 Å². The third-order valence-corrected chi connectivity index (χ3v) is 10.9. The molecule has 2 atom stereocenters. The fourth-order valence-electron chi connectivity index (χ4n) is 8.09. The Bertz CT molecular complexity index is 1860. The van der Waals surface area contributed by atoms with E-state index in [2.05, 4.69) is 26.8 Å². The number of aromatic nitrogens is 3. The summed E-state index contributed by atoms with van der Waals surface area (Å²) in [5.74, 6) is 0.0354. The topological polar surface area (TPSA) is 93.1 Å². The minimum absolute atomic E-state index is 0.00466. The number of halogens is 2. The van der Waals surface area contributed by atoms with Crippen molar-refractivity contribution < 1.29 is 28.1 Å². The molecule has 4 fully saturated rings. The first-order valence-corrected chi connectivity index (χ1v) is 17.3. The van der Waals surface area contributed by atoms with Gasteiger partial charge in [0.05, 0.1) is 30.8 Å². The fraction of sp³-hybridized carbons (Fsp3) is 0.541. The summed E-state index contributed by atoms with van der Waals surface area (Å²) in [7, 11) is 2.16. The van der Waals surface area contributed by atoms with E-state index in [4.69, 9.17) is 19.2 Å². The molecule has 8 rings (SSSR count). The summed E-state index contributed by atoms with van der Waals surface area (Å²) < 4.78 is 49.9. The van der Waals surface area contributed by atoms with Gasteiger partial charge in [-0.25, -0.2) is 8.78 Å². The van der Waals surface area contributed by atoms with Crippen LogP contribution < -0.4 is 9.64 Å². The summed E-state index contributed by atoms with van der Waals surface area (Å²) in [4.78, 5) is 18.7. The van der Waals surface area contributed by atoms with Gasteiger partial charge >= 0.3 is 6.01 Å². The van der Waals surface area contributed by atoms with Crippen molar-refractivity contribution in [3.63, 3.8) is 0 Å². The third-order valence-electron chi connectivity index (χ3n) is 10.9. The summed E-state index contributed by atoms with van der Waals surface area (Å²) in [6.07, 6.45) is 8.08. The van der Waals surface area contributed by atoms with Gasteiger partial charge in [0.25, 0.3) is 0 Å². The number of hydrogen-bond donors (Lipinski definition) is 1. The Morgan fingerprint density at radius 3 is 2.71 bits per heavy atom. The van der Waals surface area contributed by atoms with Crippen molar-refractivity contribution in [3.05, 3.63) is 47.7 Å². The summed E-state index contributed by atoms with van der Waals surface area (Å²) in [6, 6.07) is 6.11. The maximum absolute atomic E-state index is 16.9. The zero-order chi connectivity index (χ0) is 33.0. The van der Waals surface area contributed by atoms with Gasteiger partial charge < -0.3 is 29.1 Å². The Hall–Kier alpha value is -3.67. The lowest BCUT2D eigenvalue weighted by atomic mass is 9.86. The normalized spacial score (nSPS) is 23.4. The number of anilines is 1. The van der Waals surface area contributed by atoms with E-state index in [9.17, 15) is 5.11 Å². The lowest BCUT2D eigenvalue weighted by Crippen LogP contribution is -2.56. The van der Waals surface area contributed by atoms with Crippen molar-refractivity contribution in [2.45, 2.75) is 57.5 Å². The second-order valence-electron chi connectivity index (χ2n) is 14.5. The first-order chi connectivity index (χ1) is 23.3. The quantitative estimate of drug-likeness (QED) is 0.211. The van der Waals surface area contributed by atoms with Crippen LogP contribution in [0.25, 0.3) is 32.9 Å². The van der Waals surface area contributed by atoms with Gasteiger partial charge in [-0.2, -0.15) is 9.97 Å². The molecule has 48 heavy (non-hydrogen) atoms. The molecule has 254 valence electrons. The molecule has 3 aliphatic heterocycles. The van der Waals surface area contributed by atoms with Crippen LogP contribution in [-0.4, -0.2) is 90.2 Å². The van der Waals surface area contributed by atoms with E-state index in [1.54, 1.807) is 18.3 Å².